The molecule has 26 heavy (non-hydrogen) atoms. The summed E-state index contributed by atoms with van der Waals surface area (Å²) in [4.78, 5) is 0.413. The number of ether oxygens (including phenoxy) is 1. The molecule has 0 radical (unpaired) electrons. The van der Waals surface area contributed by atoms with E-state index < -0.39 is 25.9 Å². The van der Waals surface area contributed by atoms with E-state index in [0.717, 1.165) is 6.26 Å². The molecule has 0 heterocycles. The van der Waals surface area contributed by atoms with Gasteiger partial charge >= 0.3 is 0 Å². The highest BCUT2D eigenvalue weighted by molar-refractivity contribution is 7.90. The zero-order chi connectivity index (χ0) is 19.7. The third-order valence-electron chi connectivity index (χ3n) is 4.08. The van der Waals surface area contributed by atoms with Gasteiger partial charge in [-0.15, -0.1) is 0 Å². The van der Waals surface area contributed by atoms with Gasteiger partial charge in [-0.2, -0.15) is 0 Å². The summed E-state index contributed by atoms with van der Waals surface area (Å²) in [5.41, 5.74) is 1.85. The van der Waals surface area contributed by atoms with Crippen LogP contribution in [0, 0.1) is 13.8 Å². The normalized spacial score (nSPS) is 13.4. The Hall–Kier alpha value is -1.90. The van der Waals surface area contributed by atoms with Crippen molar-refractivity contribution in [2.75, 3.05) is 13.4 Å². The lowest BCUT2D eigenvalue weighted by Crippen LogP contribution is -2.28. The molecule has 0 aliphatic heterocycles. The first kappa shape index (κ1) is 20.4. The van der Waals surface area contributed by atoms with Gasteiger partial charge in [0.1, 0.15) is 5.75 Å². The standard InChI is InChI=1S/C18H23NO5S2/c1-12-10-16(24-4)11-13(2)18(12)26(22,23)19-14(3)15-6-8-17(9-7-15)25(5,20)21/h6-11,14,19H,1-5H3. The topological polar surface area (TPSA) is 89.5 Å². The van der Waals surface area contributed by atoms with Gasteiger partial charge in [0.15, 0.2) is 9.84 Å². The molecule has 1 N–H and O–H groups in total. The first-order chi connectivity index (χ1) is 12.0. The van der Waals surface area contributed by atoms with Crippen molar-refractivity contribution in [3.63, 3.8) is 0 Å². The quantitative estimate of drug-likeness (QED) is 0.809. The largest absolute Gasteiger partial charge is 0.497 e. The second kappa shape index (κ2) is 7.38. The Balaban J connectivity index is 2.32. The highest BCUT2D eigenvalue weighted by atomic mass is 32.2. The molecule has 2 aromatic rings. The molecule has 1 atom stereocenters. The van der Waals surface area contributed by atoms with E-state index in [-0.39, 0.29) is 9.79 Å². The Morgan fingerprint density at radius 3 is 1.88 bits per heavy atom. The molecule has 8 heteroatoms. The lowest BCUT2D eigenvalue weighted by atomic mass is 10.1. The second-order valence-electron chi connectivity index (χ2n) is 6.27. The van der Waals surface area contributed by atoms with Crippen molar-refractivity contribution in [1.82, 2.24) is 4.72 Å². The summed E-state index contributed by atoms with van der Waals surface area (Å²) in [6.45, 7) is 5.15. The van der Waals surface area contributed by atoms with Crippen LogP contribution in [-0.2, 0) is 19.9 Å². The summed E-state index contributed by atoms with van der Waals surface area (Å²) < 4.78 is 56.6. The Labute approximate surface area is 155 Å². The van der Waals surface area contributed by atoms with Gasteiger partial charge in [-0.3, -0.25) is 0 Å². The van der Waals surface area contributed by atoms with Crippen LogP contribution in [0.4, 0.5) is 0 Å². The summed E-state index contributed by atoms with van der Waals surface area (Å²) in [5.74, 6) is 0.600. The van der Waals surface area contributed by atoms with E-state index in [0.29, 0.717) is 22.4 Å². The number of hydrogen-bond acceptors (Lipinski definition) is 5. The van der Waals surface area contributed by atoms with Gasteiger partial charge in [0.2, 0.25) is 10.0 Å². The van der Waals surface area contributed by atoms with Crippen LogP contribution in [0.25, 0.3) is 0 Å². The van der Waals surface area contributed by atoms with E-state index in [2.05, 4.69) is 4.72 Å². The van der Waals surface area contributed by atoms with Crippen LogP contribution < -0.4 is 9.46 Å². The maximum absolute atomic E-state index is 12.8. The molecule has 0 saturated heterocycles. The molecule has 6 nitrogen and oxygen atoms in total. The van der Waals surface area contributed by atoms with Crippen LogP contribution in [0.5, 0.6) is 5.75 Å². The predicted octanol–water partition coefficient (Wildman–Crippen LogP) is 2.76. The Morgan fingerprint density at radius 1 is 0.962 bits per heavy atom. The molecule has 0 bridgehead atoms. The minimum Gasteiger partial charge on any atom is -0.497 e. The van der Waals surface area contributed by atoms with Crippen LogP contribution >= 0.6 is 0 Å². The lowest BCUT2D eigenvalue weighted by Gasteiger charge is -2.18. The summed E-state index contributed by atoms with van der Waals surface area (Å²) in [7, 11) is -5.52. The maximum atomic E-state index is 12.8. The molecule has 0 aliphatic rings. The van der Waals surface area contributed by atoms with Gasteiger partial charge in [-0.1, -0.05) is 12.1 Å². The SMILES string of the molecule is COc1cc(C)c(S(=O)(=O)NC(C)c2ccc(S(C)(=O)=O)cc2)c(C)c1. The fourth-order valence-corrected chi connectivity index (χ4v) is 5.13. The molecule has 0 aliphatic carbocycles. The van der Waals surface area contributed by atoms with Gasteiger partial charge in [0.25, 0.3) is 0 Å². The van der Waals surface area contributed by atoms with Crippen LogP contribution in [0.15, 0.2) is 46.2 Å². The summed E-state index contributed by atoms with van der Waals surface area (Å²) in [6, 6.07) is 8.99. The number of hydrogen-bond donors (Lipinski definition) is 1. The number of nitrogens with one attached hydrogen (secondary N) is 1. The fraction of sp³-hybridized carbons (Fsp3) is 0.333. The number of aryl methyl sites for hydroxylation is 2. The zero-order valence-corrected chi connectivity index (χ0v) is 17.0. The molecule has 0 fully saturated rings. The molecule has 0 spiro atoms. The molecule has 142 valence electrons. The highest BCUT2D eigenvalue weighted by Gasteiger charge is 2.23. The minimum atomic E-state index is -3.76. The average Bonchev–Trinajstić information content (AvgIpc) is 2.52. The van der Waals surface area contributed by atoms with Gasteiger partial charge in [-0.25, -0.2) is 21.6 Å². The molecule has 2 rings (SSSR count). The van der Waals surface area contributed by atoms with Gasteiger partial charge in [0, 0.05) is 12.3 Å². The van der Waals surface area contributed by atoms with Crippen molar-refractivity contribution in [3.05, 3.63) is 53.1 Å². The van der Waals surface area contributed by atoms with Crippen LogP contribution in [0.3, 0.4) is 0 Å². The average molecular weight is 398 g/mol. The Kier molecular flexibility index (Phi) is 5.79. The Morgan fingerprint density at radius 2 is 1.46 bits per heavy atom. The van der Waals surface area contributed by atoms with E-state index in [9.17, 15) is 16.8 Å². The number of methoxy groups -OCH3 is 1. The molecule has 2 aromatic carbocycles. The third-order valence-corrected chi connectivity index (χ3v) is 7.05. The van der Waals surface area contributed by atoms with Crippen molar-refractivity contribution in [3.8, 4) is 5.75 Å². The van der Waals surface area contributed by atoms with Crippen molar-refractivity contribution >= 4 is 19.9 Å². The number of sulfonamides is 1. The van der Waals surface area contributed by atoms with E-state index in [1.165, 1.54) is 19.2 Å². The monoisotopic (exact) mass is 397 g/mol. The smallest absolute Gasteiger partial charge is 0.241 e. The Bertz CT molecular complexity index is 987. The van der Waals surface area contributed by atoms with Gasteiger partial charge in [-0.05, 0) is 61.7 Å². The maximum Gasteiger partial charge on any atom is 0.241 e. The molecular weight excluding hydrogens is 374 g/mol. The molecule has 0 amide bonds. The summed E-state index contributed by atoms with van der Waals surface area (Å²) >= 11 is 0. The van der Waals surface area contributed by atoms with E-state index in [4.69, 9.17) is 4.74 Å². The van der Waals surface area contributed by atoms with Crippen molar-refractivity contribution in [2.24, 2.45) is 0 Å². The van der Waals surface area contributed by atoms with Crippen molar-refractivity contribution < 1.29 is 21.6 Å². The fourth-order valence-electron chi connectivity index (χ4n) is 2.82. The number of rotatable bonds is 6. The zero-order valence-electron chi connectivity index (χ0n) is 15.4. The van der Waals surface area contributed by atoms with E-state index >= 15 is 0 Å². The van der Waals surface area contributed by atoms with Crippen LogP contribution in [0.1, 0.15) is 29.7 Å². The summed E-state index contributed by atoms with van der Waals surface area (Å²) in [5, 5.41) is 0. The molecule has 0 aromatic heterocycles. The van der Waals surface area contributed by atoms with Crippen LogP contribution in [-0.4, -0.2) is 30.2 Å². The first-order valence-electron chi connectivity index (χ1n) is 7.93. The molecule has 1 unspecified atom stereocenters. The molecule has 0 saturated carbocycles. The predicted molar refractivity (Wildman–Crippen MR) is 101 cm³/mol. The second-order valence-corrected chi connectivity index (χ2v) is 9.94. The van der Waals surface area contributed by atoms with Gasteiger partial charge < -0.3 is 4.74 Å². The van der Waals surface area contributed by atoms with Gasteiger partial charge in [0.05, 0.1) is 16.9 Å². The minimum absolute atomic E-state index is 0.193. The van der Waals surface area contributed by atoms with Crippen molar-refractivity contribution in [1.29, 1.82) is 0 Å². The van der Waals surface area contributed by atoms with Crippen molar-refractivity contribution in [2.45, 2.75) is 36.6 Å². The van der Waals surface area contributed by atoms with E-state index in [1.54, 1.807) is 45.0 Å². The third kappa shape index (κ3) is 4.44. The van der Waals surface area contributed by atoms with E-state index in [1.807, 2.05) is 0 Å². The van der Waals surface area contributed by atoms with Crippen LogP contribution in [0.2, 0.25) is 0 Å². The number of benzene rings is 2. The number of sulfone groups is 1. The summed E-state index contributed by atoms with van der Waals surface area (Å²) in [6.07, 6.45) is 1.13. The molecular formula is C18H23NO5S2. The highest BCUT2D eigenvalue weighted by Crippen LogP contribution is 2.27. The first-order valence-corrected chi connectivity index (χ1v) is 11.3. The lowest BCUT2D eigenvalue weighted by molar-refractivity contribution is 0.413.